The number of carbonyl (C=O) groups excluding carboxylic acids is 2. The summed E-state index contributed by atoms with van der Waals surface area (Å²) in [5.74, 6) is -0.0777. The Morgan fingerprint density at radius 2 is 1.67 bits per heavy atom. The molecule has 0 unspecified atom stereocenters. The summed E-state index contributed by atoms with van der Waals surface area (Å²) in [5.41, 5.74) is 4.24. The minimum Gasteiger partial charge on any atom is -0.351 e. The van der Waals surface area contributed by atoms with E-state index in [0.29, 0.717) is 25.3 Å². The lowest BCUT2D eigenvalue weighted by molar-refractivity contribution is -0.134. The second-order valence-electron chi connectivity index (χ2n) is 7.90. The van der Waals surface area contributed by atoms with Gasteiger partial charge in [-0.05, 0) is 49.3 Å². The molecular weight excluding hydrogens is 336 g/mol. The van der Waals surface area contributed by atoms with E-state index < -0.39 is 5.41 Å². The van der Waals surface area contributed by atoms with Gasteiger partial charge in [0.25, 0.3) is 0 Å². The number of hydrogen-bond donors (Lipinski definition) is 2. The average molecular weight is 364 g/mol. The van der Waals surface area contributed by atoms with Crippen molar-refractivity contribution in [2.45, 2.75) is 53.0 Å². The smallest absolute Gasteiger partial charge is 0.240 e. The number of rotatable bonds is 6. The van der Waals surface area contributed by atoms with Gasteiger partial charge in [0.2, 0.25) is 11.8 Å². The Morgan fingerprint density at radius 3 is 2.26 bits per heavy atom. The lowest BCUT2D eigenvalue weighted by Crippen LogP contribution is -2.40. The van der Waals surface area contributed by atoms with E-state index in [1.807, 2.05) is 56.3 Å². The molecule has 4 heteroatoms. The van der Waals surface area contributed by atoms with Crippen molar-refractivity contribution >= 4 is 17.5 Å². The van der Waals surface area contributed by atoms with Gasteiger partial charge in [0, 0.05) is 12.2 Å². The van der Waals surface area contributed by atoms with Crippen LogP contribution >= 0.6 is 0 Å². The third kappa shape index (κ3) is 4.05. The summed E-state index contributed by atoms with van der Waals surface area (Å²) in [5, 5.41) is 5.99. The molecule has 0 radical (unpaired) electrons. The molecule has 1 fully saturated rings. The highest BCUT2D eigenvalue weighted by atomic mass is 16.2. The quantitative estimate of drug-likeness (QED) is 0.744. The molecule has 0 spiro atoms. The molecule has 1 saturated carbocycles. The predicted octanol–water partition coefficient (Wildman–Crippen LogP) is 4.46. The molecule has 142 valence electrons. The summed E-state index contributed by atoms with van der Waals surface area (Å²) in [4.78, 5) is 25.7. The van der Waals surface area contributed by atoms with E-state index in [0.717, 1.165) is 22.4 Å². The molecule has 0 atom stereocenters. The topological polar surface area (TPSA) is 58.2 Å². The Labute approximate surface area is 161 Å². The summed E-state index contributed by atoms with van der Waals surface area (Å²) in [6.45, 7) is 8.66. The largest absolute Gasteiger partial charge is 0.351 e. The first-order valence-electron chi connectivity index (χ1n) is 9.58. The van der Waals surface area contributed by atoms with Crippen LogP contribution in [0.3, 0.4) is 0 Å². The highest BCUT2D eigenvalue weighted by Crippen LogP contribution is 2.47. The normalized spacial score (nSPS) is 14.7. The fourth-order valence-electron chi connectivity index (χ4n) is 3.32. The van der Waals surface area contributed by atoms with Gasteiger partial charge >= 0.3 is 0 Å². The van der Waals surface area contributed by atoms with Crippen LogP contribution in [-0.2, 0) is 16.1 Å². The van der Waals surface area contributed by atoms with Crippen molar-refractivity contribution in [1.82, 2.24) is 5.32 Å². The van der Waals surface area contributed by atoms with Crippen LogP contribution in [0.1, 0.15) is 54.9 Å². The molecule has 4 nitrogen and oxygen atoms in total. The SMILES string of the molecule is Cc1ccc(CNC(=O)C2(C(=O)Nc3c(C)cccc3C(C)C)CC2)cc1. The summed E-state index contributed by atoms with van der Waals surface area (Å²) in [6, 6.07) is 14.1. The van der Waals surface area contributed by atoms with Gasteiger partial charge in [-0.1, -0.05) is 61.9 Å². The Morgan fingerprint density at radius 1 is 1.00 bits per heavy atom. The number of carbonyl (C=O) groups is 2. The van der Waals surface area contributed by atoms with Crippen molar-refractivity contribution in [2.24, 2.45) is 5.41 Å². The van der Waals surface area contributed by atoms with E-state index in [4.69, 9.17) is 0 Å². The molecule has 3 rings (SSSR count). The van der Waals surface area contributed by atoms with E-state index >= 15 is 0 Å². The fraction of sp³-hybridized carbons (Fsp3) is 0.391. The third-order valence-electron chi connectivity index (χ3n) is 5.36. The van der Waals surface area contributed by atoms with Gasteiger partial charge in [0.1, 0.15) is 5.41 Å². The second kappa shape index (κ2) is 7.55. The van der Waals surface area contributed by atoms with Crippen molar-refractivity contribution in [1.29, 1.82) is 0 Å². The summed E-state index contributed by atoms with van der Waals surface area (Å²) in [6.07, 6.45) is 1.20. The molecule has 2 aromatic rings. The van der Waals surface area contributed by atoms with Crippen LogP contribution in [-0.4, -0.2) is 11.8 Å². The zero-order chi connectivity index (χ0) is 19.6. The van der Waals surface area contributed by atoms with Crippen molar-refractivity contribution in [3.8, 4) is 0 Å². The number of benzene rings is 2. The predicted molar refractivity (Wildman–Crippen MR) is 109 cm³/mol. The van der Waals surface area contributed by atoms with E-state index in [9.17, 15) is 9.59 Å². The minimum absolute atomic E-state index is 0.180. The van der Waals surface area contributed by atoms with Crippen molar-refractivity contribution < 1.29 is 9.59 Å². The lowest BCUT2D eigenvalue weighted by atomic mass is 9.97. The molecule has 0 saturated heterocycles. The summed E-state index contributed by atoms with van der Waals surface area (Å²) in [7, 11) is 0. The molecule has 0 bridgehead atoms. The maximum Gasteiger partial charge on any atom is 0.240 e. The minimum atomic E-state index is -0.929. The standard InChI is InChI=1S/C23H28N2O2/c1-15(2)19-7-5-6-17(4)20(19)25-22(27)23(12-13-23)21(26)24-14-18-10-8-16(3)9-11-18/h5-11,15H,12-14H2,1-4H3,(H,24,26)(H,25,27). The number of aryl methyl sites for hydroxylation is 2. The zero-order valence-corrected chi connectivity index (χ0v) is 16.6. The van der Waals surface area contributed by atoms with Crippen LogP contribution in [0.4, 0.5) is 5.69 Å². The van der Waals surface area contributed by atoms with Crippen molar-refractivity contribution in [3.05, 3.63) is 64.7 Å². The summed E-state index contributed by atoms with van der Waals surface area (Å²) < 4.78 is 0. The highest BCUT2D eigenvalue weighted by molar-refractivity contribution is 6.13. The molecule has 0 heterocycles. The molecule has 0 aliphatic heterocycles. The first-order valence-corrected chi connectivity index (χ1v) is 9.58. The van der Waals surface area contributed by atoms with E-state index in [1.165, 1.54) is 5.56 Å². The van der Waals surface area contributed by atoms with Crippen LogP contribution in [0, 0.1) is 19.3 Å². The maximum atomic E-state index is 12.9. The number of anilines is 1. The molecule has 2 aromatic carbocycles. The Bertz CT molecular complexity index is 849. The van der Waals surface area contributed by atoms with Crippen molar-refractivity contribution in [3.63, 3.8) is 0 Å². The van der Waals surface area contributed by atoms with Gasteiger partial charge in [-0.2, -0.15) is 0 Å². The molecule has 1 aliphatic carbocycles. The van der Waals surface area contributed by atoms with Gasteiger partial charge in [-0.3, -0.25) is 9.59 Å². The van der Waals surface area contributed by atoms with Crippen LogP contribution in [0.2, 0.25) is 0 Å². The van der Waals surface area contributed by atoms with Gasteiger partial charge < -0.3 is 10.6 Å². The van der Waals surface area contributed by atoms with E-state index in [2.05, 4.69) is 24.5 Å². The zero-order valence-electron chi connectivity index (χ0n) is 16.6. The van der Waals surface area contributed by atoms with Crippen LogP contribution in [0.5, 0.6) is 0 Å². The molecule has 2 N–H and O–H groups in total. The van der Waals surface area contributed by atoms with Crippen LogP contribution in [0.25, 0.3) is 0 Å². The monoisotopic (exact) mass is 364 g/mol. The first kappa shape index (κ1) is 19.2. The lowest BCUT2D eigenvalue weighted by Gasteiger charge is -2.20. The van der Waals surface area contributed by atoms with Crippen LogP contribution in [0.15, 0.2) is 42.5 Å². The number of amides is 2. The second-order valence-corrected chi connectivity index (χ2v) is 7.90. The summed E-state index contributed by atoms with van der Waals surface area (Å²) >= 11 is 0. The maximum absolute atomic E-state index is 12.9. The van der Waals surface area contributed by atoms with Crippen molar-refractivity contribution in [2.75, 3.05) is 5.32 Å². The van der Waals surface area contributed by atoms with Gasteiger partial charge in [-0.25, -0.2) is 0 Å². The first-order chi connectivity index (χ1) is 12.8. The molecule has 1 aliphatic rings. The van der Waals surface area contributed by atoms with Gasteiger partial charge in [-0.15, -0.1) is 0 Å². The van der Waals surface area contributed by atoms with Crippen LogP contribution < -0.4 is 10.6 Å². The number of hydrogen-bond acceptors (Lipinski definition) is 2. The Balaban J connectivity index is 1.69. The third-order valence-corrected chi connectivity index (χ3v) is 5.36. The molecule has 2 amide bonds. The molecular formula is C23H28N2O2. The number of para-hydroxylation sites is 1. The van der Waals surface area contributed by atoms with E-state index in [-0.39, 0.29) is 11.8 Å². The average Bonchev–Trinajstić information content (AvgIpc) is 3.44. The molecule has 27 heavy (non-hydrogen) atoms. The van der Waals surface area contributed by atoms with E-state index in [1.54, 1.807) is 0 Å². The molecule has 0 aromatic heterocycles. The van der Waals surface area contributed by atoms with Gasteiger partial charge in [0.05, 0.1) is 0 Å². The van der Waals surface area contributed by atoms with Gasteiger partial charge in [0.15, 0.2) is 0 Å². The Hall–Kier alpha value is -2.62. The highest BCUT2D eigenvalue weighted by Gasteiger charge is 2.56. The Kier molecular flexibility index (Phi) is 5.36. The number of nitrogens with one attached hydrogen (secondary N) is 2. The fourth-order valence-corrected chi connectivity index (χ4v) is 3.32.